The average molecular weight is 279 g/mol. The van der Waals surface area contributed by atoms with Gasteiger partial charge in [0.2, 0.25) is 0 Å². The number of alkyl halides is 1. The van der Waals surface area contributed by atoms with Gasteiger partial charge in [0.25, 0.3) is 0 Å². The molecule has 0 saturated carbocycles. The van der Waals surface area contributed by atoms with Gasteiger partial charge >= 0.3 is 0 Å². The van der Waals surface area contributed by atoms with Crippen LogP contribution in [0.25, 0.3) is 5.69 Å². The van der Waals surface area contributed by atoms with Crippen LogP contribution in [0.15, 0.2) is 42.6 Å². The van der Waals surface area contributed by atoms with Gasteiger partial charge in [0.15, 0.2) is 0 Å². The Hall–Kier alpha value is -1.09. The molecule has 0 amide bonds. The highest BCUT2D eigenvalue weighted by molar-refractivity contribution is 9.09. The summed E-state index contributed by atoms with van der Waals surface area (Å²) in [6.45, 7) is 4.36. The molecule has 2 atom stereocenters. The molecule has 0 spiro atoms. The molecule has 3 heteroatoms. The van der Waals surface area contributed by atoms with Gasteiger partial charge in [-0.2, -0.15) is 5.10 Å². The number of halogens is 1. The predicted octanol–water partition coefficient (Wildman–Crippen LogP) is 3.76. The van der Waals surface area contributed by atoms with Gasteiger partial charge in [-0.1, -0.05) is 48.0 Å². The van der Waals surface area contributed by atoms with Gasteiger partial charge in [-0.3, -0.25) is 0 Å². The lowest BCUT2D eigenvalue weighted by atomic mass is 10.1. The van der Waals surface area contributed by atoms with Gasteiger partial charge < -0.3 is 0 Å². The molecule has 0 bridgehead atoms. The Labute approximate surface area is 104 Å². The fourth-order valence-corrected chi connectivity index (χ4v) is 1.95. The first-order chi connectivity index (χ1) is 7.70. The molecule has 0 N–H and O–H groups in total. The summed E-state index contributed by atoms with van der Waals surface area (Å²) in [7, 11) is 0. The quantitative estimate of drug-likeness (QED) is 0.782. The van der Waals surface area contributed by atoms with Crippen LogP contribution in [0.2, 0.25) is 0 Å². The monoisotopic (exact) mass is 278 g/mol. The molecule has 1 aromatic heterocycles. The summed E-state index contributed by atoms with van der Waals surface area (Å²) in [5, 5.41) is 4.39. The van der Waals surface area contributed by atoms with Crippen LogP contribution < -0.4 is 0 Å². The minimum absolute atomic E-state index is 0.433. The molecule has 0 radical (unpaired) electrons. The molecule has 0 aliphatic rings. The van der Waals surface area contributed by atoms with E-state index in [0.717, 1.165) is 5.69 Å². The molecule has 2 nitrogen and oxygen atoms in total. The Bertz CT molecular complexity index is 448. The second-order valence-electron chi connectivity index (χ2n) is 3.97. The number of hydrogen-bond acceptors (Lipinski definition) is 1. The van der Waals surface area contributed by atoms with E-state index in [9.17, 15) is 0 Å². The van der Waals surface area contributed by atoms with Crippen molar-refractivity contribution in [3.63, 3.8) is 0 Å². The maximum absolute atomic E-state index is 4.39. The van der Waals surface area contributed by atoms with Crippen molar-refractivity contribution < 1.29 is 0 Å². The number of nitrogens with zero attached hydrogens (tertiary/aromatic N) is 2. The normalized spacial score (nSPS) is 14.7. The third-order valence-electron chi connectivity index (χ3n) is 2.83. The first kappa shape index (κ1) is 11.4. The van der Waals surface area contributed by atoms with Crippen LogP contribution in [0.1, 0.15) is 25.5 Å². The summed E-state index contributed by atoms with van der Waals surface area (Å²) in [6.07, 6.45) is 1.86. The molecular weight excluding hydrogens is 264 g/mol. The molecular formula is C13H15BrN2. The zero-order valence-electron chi connectivity index (χ0n) is 9.47. The van der Waals surface area contributed by atoms with E-state index in [1.54, 1.807) is 0 Å². The number of para-hydroxylation sites is 1. The molecule has 16 heavy (non-hydrogen) atoms. The van der Waals surface area contributed by atoms with Gasteiger partial charge in [-0.15, -0.1) is 0 Å². The van der Waals surface area contributed by atoms with Crippen LogP contribution in [-0.4, -0.2) is 14.6 Å². The van der Waals surface area contributed by atoms with E-state index in [1.807, 2.05) is 29.1 Å². The molecule has 2 aromatic rings. The molecule has 0 saturated heterocycles. The third kappa shape index (κ3) is 2.19. The van der Waals surface area contributed by atoms with Crippen LogP contribution in [0.5, 0.6) is 0 Å². The maximum atomic E-state index is 4.39. The SMILES string of the molecule is CC(Br)C(C)c1ccnn1-c1ccccc1. The third-order valence-corrected chi connectivity index (χ3v) is 3.62. The predicted molar refractivity (Wildman–Crippen MR) is 70.4 cm³/mol. The smallest absolute Gasteiger partial charge is 0.0648 e. The second-order valence-corrected chi connectivity index (χ2v) is 5.41. The Balaban J connectivity index is 2.40. The number of hydrogen-bond donors (Lipinski definition) is 0. The van der Waals surface area contributed by atoms with E-state index >= 15 is 0 Å². The summed E-state index contributed by atoms with van der Waals surface area (Å²) in [6, 6.07) is 12.3. The highest BCUT2D eigenvalue weighted by Gasteiger charge is 2.16. The average Bonchev–Trinajstić information content (AvgIpc) is 2.77. The lowest BCUT2D eigenvalue weighted by molar-refractivity contribution is 0.682. The van der Waals surface area contributed by atoms with Crippen molar-refractivity contribution in [2.24, 2.45) is 0 Å². The Kier molecular flexibility index (Phi) is 3.44. The van der Waals surface area contributed by atoms with Crippen LogP contribution in [0, 0.1) is 0 Å². The van der Waals surface area contributed by atoms with Gasteiger partial charge in [0, 0.05) is 22.6 Å². The second kappa shape index (κ2) is 4.83. The highest BCUT2D eigenvalue weighted by atomic mass is 79.9. The first-order valence-electron chi connectivity index (χ1n) is 5.43. The fraction of sp³-hybridized carbons (Fsp3) is 0.308. The molecule has 2 rings (SSSR count). The van der Waals surface area contributed by atoms with E-state index in [-0.39, 0.29) is 0 Å². The minimum Gasteiger partial charge on any atom is -0.238 e. The standard InChI is InChI=1S/C13H15BrN2/c1-10(11(2)14)13-8-9-15-16(13)12-6-4-3-5-7-12/h3-11H,1-2H3. The fourth-order valence-electron chi connectivity index (χ4n) is 1.68. The van der Waals surface area contributed by atoms with Gasteiger partial charge in [0.05, 0.1) is 5.69 Å². The molecule has 84 valence electrons. The van der Waals surface area contributed by atoms with E-state index in [4.69, 9.17) is 0 Å². The lowest BCUT2D eigenvalue weighted by Gasteiger charge is -2.16. The van der Waals surface area contributed by atoms with Crippen molar-refractivity contribution in [3.8, 4) is 5.69 Å². The van der Waals surface area contributed by atoms with Crippen molar-refractivity contribution in [3.05, 3.63) is 48.3 Å². The molecule has 1 heterocycles. The topological polar surface area (TPSA) is 17.8 Å². The van der Waals surface area contributed by atoms with Crippen molar-refractivity contribution >= 4 is 15.9 Å². The zero-order chi connectivity index (χ0) is 11.5. The molecule has 1 aromatic carbocycles. The minimum atomic E-state index is 0.433. The highest BCUT2D eigenvalue weighted by Crippen LogP contribution is 2.25. The van der Waals surface area contributed by atoms with Crippen LogP contribution in [0.3, 0.4) is 0 Å². The summed E-state index contributed by atoms with van der Waals surface area (Å²) < 4.78 is 2.00. The first-order valence-corrected chi connectivity index (χ1v) is 6.35. The maximum Gasteiger partial charge on any atom is 0.0648 e. The van der Waals surface area contributed by atoms with E-state index < -0.39 is 0 Å². The summed E-state index contributed by atoms with van der Waals surface area (Å²) in [5.41, 5.74) is 2.35. The molecule has 2 unspecified atom stereocenters. The van der Waals surface area contributed by atoms with Crippen LogP contribution >= 0.6 is 15.9 Å². The van der Waals surface area contributed by atoms with Crippen molar-refractivity contribution in [1.82, 2.24) is 9.78 Å². The number of rotatable bonds is 3. The van der Waals surface area contributed by atoms with Gasteiger partial charge in [-0.25, -0.2) is 4.68 Å². The molecule has 0 aliphatic carbocycles. The molecule has 0 aliphatic heterocycles. The van der Waals surface area contributed by atoms with Crippen LogP contribution in [0.4, 0.5) is 0 Å². The van der Waals surface area contributed by atoms with E-state index in [2.05, 4.69) is 53.1 Å². The van der Waals surface area contributed by atoms with E-state index in [1.165, 1.54) is 5.69 Å². The number of benzene rings is 1. The largest absolute Gasteiger partial charge is 0.238 e. The Morgan fingerprint density at radius 2 is 1.81 bits per heavy atom. The summed E-state index contributed by atoms with van der Waals surface area (Å²) >= 11 is 3.63. The molecule has 0 fully saturated rings. The van der Waals surface area contributed by atoms with Crippen molar-refractivity contribution in [1.29, 1.82) is 0 Å². The zero-order valence-corrected chi connectivity index (χ0v) is 11.1. The summed E-state index contributed by atoms with van der Waals surface area (Å²) in [5.74, 6) is 0.433. The lowest BCUT2D eigenvalue weighted by Crippen LogP contribution is -2.11. The van der Waals surface area contributed by atoms with Gasteiger partial charge in [-0.05, 0) is 18.2 Å². The van der Waals surface area contributed by atoms with Crippen molar-refractivity contribution in [2.45, 2.75) is 24.6 Å². The van der Waals surface area contributed by atoms with Crippen LogP contribution in [-0.2, 0) is 0 Å². The number of aromatic nitrogens is 2. The Morgan fingerprint density at radius 3 is 2.44 bits per heavy atom. The summed E-state index contributed by atoms with van der Waals surface area (Å²) in [4.78, 5) is 0.437. The van der Waals surface area contributed by atoms with E-state index in [0.29, 0.717) is 10.7 Å². The van der Waals surface area contributed by atoms with Gasteiger partial charge in [0.1, 0.15) is 0 Å². The Morgan fingerprint density at radius 1 is 1.12 bits per heavy atom. The van der Waals surface area contributed by atoms with Crippen molar-refractivity contribution in [2.75, 3.05) is 0 Å².